The fraction of sp³-hybridized carbons (Fsp3) is 0.211. The molecule has 0 bridgehead atoms. The number of halogens is 2. The molecule has 0 aliphatic heterocycles. The molecule has 2 N–H and O–H groups in total. The van der Waals surface area contributed by atoms with Crippen LogP contribution in [0.25, 0.3) is 22.5 Å². The number of rotatable bonds is 3. The van der Waals surface area contributed by atoms with Gasteiger partial charge in [-0.15, -0.1) is 0 Å². The molecule has 1 aromatic heterocycles. The molecule has 1 aliphatic rings. The maximum atomic E-state index is 14.7. The van der Waals surface area contributed by atoms with Crippen LogP contribution in [-0.2, 0) is 11.2 Å². The number of nitrogens with two attached hydrogens (primary N) is 1. The smallest absolute Gasteiger partial charge is 0.224 e. The van der Waals surface area contributed by atoms with Gasteiger partial charge in [-0.25, -0.2) is 4.39 Å². The number of amides is 1. The van der Waals surface area contributed by atoms with Crippen LogP contribution >= 0.6 is 11.6 Å². The number of aromatic nitrogens is 2. The molecular formula is C19H15ClFN3O2. The van der Waals surface area contributed by atoms with Crippen LogP contribution in [0, 0.1) is 12.7 Å². The molecule has 0 saturated carbocycles. The topological polar surface area (TPSA) is 82.0 Å². The molecule has 1 aliphatic carbocycles. The molecule has 4 rings (SSSR count). The molecule has 0 radical (unpaired) electrons. The first kappa shape index (κ1) is 16.7. The van der Waals surface area contributed by atoms with Crippen molar-refractivity contribution in [3.05, 3.63) is 58.2 Å². The number of carbonyl (C=O) groups is 1. The zero-order chi connectivity index (χ0) is 18.4. The number of hydrogen-bond acceptors (Lipinski definition) is 4. The minimum Gasteiger partial charge on any atom is -0.369 e. The minimum atomic E-state index is -0.524. The highest BCUT2D eigenvalue weighted by Gasteiger charge is 2.27. The van der Waals surface area contributed by atoms with Gasteiger partial charge in [0.2, 0.25) is 17.6 Å². The summed E-state index contributed by atoms with van der Waals surface area (Å²) in [5.74, 6) is -0.604. The van der Waals surface area contributed by atoms with Crippen molar-refractivity contribution in [1.82, 2.24) is 10.1 Å². The highest BCUT2D eigenvalue weighted by atomic mass is 35.5. The number of nitrogens with zero attached hydrogens (tertiary/aromatic N) is 2. The second-order valence-corrected chi connectivity index (χ2v) is 6.79. The van der Waals surface area contributed by atoms with E-state index in [-0.39, 0.29) is 28.2 Å². The third kappa shape index (κ3) is 2.76. The van der Waals surface area contributed by atoms with Gasteiger partial charge in [-0.2, -0.15) is 4.98 Å². The van der Waals surface area contributed by atoms with Crippen molar-refractivity contribution in [2.45, 2.75) is 25.7 Å². The number of hydrogen-bond donors (Lipinski definition) is 1. The van der Waals surface area contributed by atoms with Gasteiger partial charge in [0.1, 0.15) is 5.82 Å². The van der Waals surface area contributed by atoms with E-state index in [9.17, 15) is 9.18 Å². The predicted molar refractivity (Wildman–Crippen MR) is 95.1 cm³/mol. The molecule has 7 heteroatoms. The molecule has 1 heterocycles. The molecule has 0 fully saturated rings. The Hall–Kier alpha value is -2.73. The Morgan fingerprint density at radius 2 is 2.15 bits per heavy atom. The molecule has 2 aromatic carbocycles. The van der Waals surface area contributed by atoms with Gasteiger partial charge in [0, 0.05) is 11.9 Å². The van der Waals surface area contributed by atoms with Crippen molar-refractivity contribution in [3.63, 3.8) is 0 Å². The third-order valence-corrected chi connectivity index (χ3v) is 4.90. The number of fused-ring (bicyclic) bond motifs is 1. The van der Waals surface area contributed by atoms with Crippen LogP contribution in [0.4, 0.5) is 4.39 Å². The van der Waals surface area contributed by atoms with Crippen LogP contribution in [0.1, 0.15) is 29.4 Å². The SMILES string of the molecule is Cc1nc(-c2c(F)cc(Cl)cc2-c2ccc3c(c2)CCC3C(N)=O)no1. The largest absolute Gasteiger partial charge is 0.369 e. The van der Waals surface area contributed by atoms with Crippen LogP contribution in [0.15, 0.2) is 34.9 Å². The van der Waals surface area contributed by atoms with E-state index in [2.05, 4.69) is 10.1 Å². The predicted octanol–water partition coefficient (Wildman–Crippen LogP) is 4.02. The Balaban J connectivity index is 1.88. The summed E-state index contributed by atoms with van der Waals surface area (Å²) in [7, 11) is 0. The van der Waals surface area contributed by atoms with E-state index in [1.54, 1.807) is 13.0 Å². The molecule has 3 aromatic rings. The standard InChI is InChI=1S/C19H15ClFN3O2/c1-9-23-19(24-26-9)17-15(7-12(20)8-16(17)21)11-2-4-13-10(6-11)3-5-14(13)18(22)25/h2,4,6-8,14H,3,5H2,1H3,(H2,22,25). The highest BCUT2D eigenvalue weighted by molar-refractivity contribution is 6.31. The lowest BCUT2D eigenvalue weighted by Gasteiger charge is -2.12. The Bertz CT molecular complexity index is 1030. The van der Waals surface area contributed by atoms with Crippen molar-refractivity contribution in [2.24, 2.45) is 5.73 Å². The molecule has 26 heavy (non-hydrogen) atoms. The summed E-state index contributed by atoms with van der Waals surface area (Å²) >= 11 is 6.08. The maximum absolute atomic E-state index is 14.7. The molecule has 1 atom stereocenters. The number of primary amides is 1. The van der Waals surface area contributed by atoms with E-state index in [1.807, 2.05) is 18.2 Å². The van der Waals surface area contributed by atoms with Gasteiger partial charge in [0.05, 0.1) is 11.5 Å². The Morgan fingerprint density at radius 1 is 1.35 bits per heavy atom. The van der Waals surface area contributed by atoms with E-state index < -0.39 is 5.82 Å². The highest BCUT2D eigenvalue weighted by Crippen LogP contribution is 2.39. The maximum Gasteiger partial charge on any atom is 0.224 e. The van der Waals surface area contributed by atoms with Crippen molar-refractivity contribution in [1.29, 1.82) is 0 Å². The van der Waals surface area contributed by atoms with E-state index in [0.717, 1.165) is 23.1 Å². The van der Waals surface area contributed by atoms with Gasteiger partial charge in [0.25, 0.3) is 0 Å². The minimum absolute atomic E-state index is 0.169. The molecule has 0 saturated heterocycles. The van der Waals surface area contributed by atoms with E-state index in [0.29, 0.717) is 17.9 Å². The van der Waals surface area contributed by atoms with Crippen molar-refractivity contribution in [3.8, 4) is 22.5 Å². The van der Waals surface area contributed by atoms with Crippen LogP contribution in [0.5, 0.6) is 0 Å². The molecular weight excluding hydrogens is 357 g/mol. The number of benzene rings is 2. The van der Waals surface area contributed by atoms with E-state index in [1.165, 1.54) is 6.07 Å². The normalized spacial score (nSPS) is 15.9. The second-order valence-electron chi connectivity index (χ2n) is 6.35. The molecule has 1 amide bonds. The number of aryl methyl sites for hydroxylation is 2. The Kier molecular flexibility index (Phi) is 4.00. The molecule has 0 spiro atoms. The van der Waals surface area contributed by atoms with Gasteiger partial charge >= 0.3 is 0 Å². The van der Waals surface area contributed by atoms with Crippen LogP contribution in [0.3, 0.4) is 0 Å². The van der Waals surface area contributed by atoms with Crippen LogP contribution in [-0.4, -0.2) is 16.0 Å². The molecule has 5 nitrogen and oxygen atoms in total. The van der Waals surface area contributed by atoms with Gasteiger partial charge in [0.15, 0.2) is 0 Å². The summed E-state index contributed by atoms with van der Waals surface area (Å²) in [5.41, 5.74) is 9.01. The van der Waals surface area contributed by atoms with Gasteiger partial charge in [-0.1, -0.05) is 35.0 Å². The molecule has 132 valence electrons. The van der Waals surface area contributed by atoms with Crippen molar-refractivity contribution < 1.29 is 13.7 Å². The zero-order valence-corrected chi connectivity index (χ0v) is 14.7. The first-order chi connectivity index (χ1) is 12.4. The Morgan fingerprint density at radius 3 is 2.85 bits per heavy atom. The lowest BCUT2D eigenvalue weighted by molar-refractivity contribution is -0.119. The van der Waals surface area contributed by atoms with Crippen LogP contribution < -0.4 is 5.73 Å². The van der Waals surface area contributed by atoms with Crippen molar-refractivity contribution in [2.75, 3.05) is 0 Å². The zero-order valence-electron chi connectivity index (χ0n) is 13.9. The first-order valence-corrected chi connectivity index (χ1v) is 8.54. The average Bonchev–Trinajstić information content (AvgIpc) is 3.19. The summed E-state index contributed by atoms with van der Waals surface area (Å²) in [6, 6.07) is 8.55. The van der Waals surface area contributed by atoms with E-state index in [4.69, 9.17) is 21.9 Å². The van der Waals surface area contributed by atoms with Crippen molar-refractivity contribution >= 4 is 17.5 Å². The fourth-order valence-corrected chi connectivity index (χ4v) is 3.71. The van der Waals surface area contributed by atoms with Gasteiger partial charge in [-0.05, 0) is 47.2 Å². The quantitative estimate of drug-likeness (QED) is 0.753. The van der Waals surface area contributed by atoms with Crippen LogP contribution in [0.2, 0.25) is 5.02 Å². The average molecular weight is 372 g/mol. The van der Waals surface area contributed by atoms with Gasteiger partial charge in [-0.3, -0.25) is 4.79 Å². The van der Waals surface area contributed by atoms with E-state index >= 15 is 0 Å². The lowest BCUT2D eigenvalue weighted by Crippen LogP contribution is -2.19. The first-order valence-electron chi connectivity index (χ1n) is 8.16. The summed E-state index contributed by atoms with van der Waals surface area (Å²) < 4.78 is 19.7. The second kappa shape index (κ2) is 6.21. The third-order valence-electron chi connectivity index (χ3n) is 4.68. The monoisotopic (exact) mass is 371 g/mol. The lowest BCUT2D eigenvalue weighted by atomic mass is 9.94. The summed E-state index contributed by atoms with van der Waals surface area (Å²) in [4.78, 5) is 15.7. The summed E-state index contributed by atoms with van der Waals surface area (Å²) in [6.07, 6.45) is 1.44. The van der Waals surface area contributed by atoms with Gasteiger partial charge < -0.3 is 10.3 Å². The molecule has 1 unspecified atom stereocenters. The Labute approximate surface area is 154 Å². The summed E-state index contributed by atoms with van der Waals surface area (Å²) in [6.45, 7) is 1.64. The fourth-order valence-electron chi connectivity index (χ4n) is 3.51. The number of carbonyl (C=O) groups excluding carboxylic acids is 1. The summed E-state index contributed by atoms with van der Waals surface area (Å²) in [5, 5.41) is 4.12.